The zero-order chi connectivity index (χ0) is 20.3. The highest BCUT2D eigenvalue weighted by molar-refractivity contribution is 5.94. The van der Waals surface area contributed by atoms with Crippen molar-refractivity contribution in [1.29, 1.82) is 0 Å². The van der Waals surface area contributed by atoms with Gasteiger partial charge in [-0.25, -0.2) is 9.97 Å². The number of hydrogen-bond donors (Lipinski definition) is 0. The van der Waals surface area contributed by atoms with E-state index in [2.05, 4.69) is 27.0 Å². The summed E-state index contributed by atoms with van der Waals surface area (Å²) in [6.45, 7) is 4.17. The van der Waals surface area contributed by atoms with Crippen LogP contribution in [0.1, 0.15) is 33.3 Å². The molecule has 2 aliphatic heterocycles. The quantitative estimate of drug-likeness (QED) is 0.666. The molecule has 1 aromatic carbocycles. The first-order valence-electron chi connectivity index (χ1n) is 10.4. The Morgan fingerprint density at radius 2 is 1.87 bits per heavy atom. The Balaban J connectivity index is 1.25. The van der Waals surface area contributed by atoms with Crippen LogP contribution in [0.25, 0.3) is 0 Å². The molecule has 0 N–H and O–H groups in total. The third-order valence-corrected chi connectivity index (χ3v) is 5.59. The van der Waals surface area contributed by atoms with Gasteiger partial charge in [0.2, 0.25) is 0 Å². The van der Waals surface area contributed by atoms with Gasteiger partial charge in [-0.15, -0.1) is 0 Å². The fraction of sp³-hybridized carbons (Fsp3) is 0.348. The molecule has 2 aliphatic rings. The molecule has 4 heterocycles. The summed E-state index contributed by atoms with van der Waals surface area (Å²) in [6.07, 6.45) is 3.02. The highest BCUT2D eigenvalue weighted by Crippen LogP contribution is 2.23. The summed E-state index contributed by atoms with van der Waals surface area (Å²) >= 11 is 0. The third-order valence-electron chi connectivity index (χ3n) is 5.59. The van der Waals surface area contributed by atoms with E-state index < -0.39 is 0 Å². The van der Waals surface area contributed by atoms with E-state index >= 15 is 0 Å². The molecule has 1 amide bonds. The Labute approximate surface area is 175 Å². The average Bonchev–Trinajstić information content (AvgIpc) is 3.21. The molecule has 0 atom stereocenters. The van der Waals surface area contributed by atoms with Gasteiger partial charge in [0.05, 0.1) is 25.3 Å². The maximum absolute atomic E-state index is 13.0. The van der Waals surface area contributed by atoms with Crippen LogP contribution in [-0.4, -0.2) is 53.6 Å². The largest absolute Gasteiger partial charge is 0.445 e. The van der Waals surface area contributed by atoms with Crippen LogP contribution in [0.4, 0.5) is 5.82 Å². The van der Waals surface area contributed by atoms with Gasteiger partial charge >= 0.3 is 0 Å². The summed E-state index contributed by atoms with van der Waals surface area (Å²) in [7, 11) is 0. The van der Waals surface area contributed by atoms with Crippen LogP contribution in [0, 0.1) is 0 Å². The number of hydrogen-bond acceptors (Lipinski definition) is 6. The first kappa shape index (κ1) is 18.8. The molecule has 0 radical (unpaired) electrons. The predicted molar refractivity (Wildman–Crippen MR) is 111 cm³/mol. The summed E-state index contributed by atoms with van der Waals surface area (Å²) in [5.41, 5.74) is 2.62. The molecule has 30 heavy (non-hydrogen) atoms. The molecule has 0 aliphatic carbocycles. The SMILES string of the molecule is O=C(c1ccc(N2CCOCC2)nc1)N1CCc2oc(Cc3ccccc3)nc2C1. The second-order valence-electron chi connectivity index (χ2n) is 7.62. The maximum Gasteiger partial charge on any atom is 0.255 e. The van der Waals surface area contributed by atoms with Gasteiger partial charge in [-0.05, 0) is 17.7 Å². The predicted octanol–water partition coefficient (Wildman–Crippen LogP) is 2.70. The number of oxazole rings is 1. The van der Waals surface area contributed by atoms with E-state index in [0.29, 0.717) is 50.6 Å². The summed E-state index contributed by atoms with van der Waals surface area (Å²) in [4.78, 5) is 26.1. The number of benzene rings is 1. The monoisotopic (exact) mass is 404 g/mol. The van der Waals surface area contributed by atoms with Crippen LogP contribution in [0.3, 0.4) is 0 Å². The van der Waals surface area contributed by atoms with E-state index in [1.807, 2.05) is 35.2 Å². The fourth-order valence-electron chi connectivity index (χ4n) is 3.95. The molecular formula is C23H24N4O3. The number of anilines is 1. The topological polar surface area (TPSA) is 71.7 Å². The molecular weight excluding hydrogens is 380 g/mol. The number of amides is 1. The minimum absolute atomic E-state index is 0.0192. The highest BCUT2D eigenvalue weighted by atomic mass is 16.5. The van der Waals surface area contributed by atoms with Crippen molar-refractivity contribution in [2.45, 2.75) is 19.4 Å². The van der Waals surface area contributed by atoms with Crippen molar-refractivity contribution in [3.05, 3.63) is 77.1 Å². The zero-order valence-electron chi connectivity index (χ0n) is 16.8. The van der Waals surface area contributed by atoms with Crippen LogP contribution in [-0.2, 0) is 24.1 Å². The maximum atomic E-state index is 13.0. The molecule has 7 nitrogen and oxygen atoms in total. The summed E-state index contributed by atoms with van der Waals surface area (Å²) < 4.78 is 11.3. The minimum atomic E-state index is -0.0192. The minimum Gasteiger partial charge on any atom is -0.445 e. The third kappa shape index (κ3) is 3.93. The fourth-order valence-corrected chi connectivity index (χ4v) is 3.95. The molecule has 0 bridgehead atoms. The highest BCUT2D eigenvalue weighted by Gasteiger charge is 2.26. The van der Waals surface area contributed by atoms with Crippen LogP contribution < -0.4 is 4.90 Å². The van der Waals surface area contributed by atoms with Gasteiger partial charge in [0.1, 0.15) is 17.3 Å². The van der Waals surface area contributed by atoms with Crippen LogP contribution in [0.2, 0.25) is 0 Å². The van der Waals surface area contributed by atoms with Gasteiger partial charge < -0.3 is 19.0 Å². The van der Waals surface area contributed by atoms with Crippen LogP contribution in [0.15, 0.2) is 53.1 Å². The number of nitrogens with zero attached hydrogens (tertiary/aromatic N) is 4. The van der Waals surface area contributed by atoms with Crippen molar-refractivity contribution in [2.24, 2.45) is 0 Å². The second kappa shape index (κ2) is 8.28. The lowest BCUT2D eigenvalue weighted by Gasteiger charge is -2.28. The average molecular weight is 404 g/mol. The number of morpholine rings is 1. The number of carbonyl (C=O) groups excluding carboxylic acids is 1. The Kier molecular flexibility index (Phi) is 5.19. The van der Waals surface area contributed by atoms with Crippen molar-refractivity contribution in [3.8, 4) is 0 Å². The molecule has 0 saturated carbocycles. The first-order chi connectivity index (χ1) is 14.8. The molecule has 0 unspecified atom stereocenters. The summed E-state index contributed by atoms with van der Waals surface area (Å²) in [6, 6.07) is 13.9. The van der Waals surface area contributed by atoms with Gasteiger partial charge in [0.15, 0.2) is 5.89 Å². The number of ether oxygens (including phenoxy) is 1. The number of rotatable bonds is 4. The van der Waals surface area contributed by atoms with E-state index in [4.69, 9.17) is 9.15 Å². The Bertz CT molecular complexity index is 1010. The van der Waals surface area contributed by atoms with Crippen LogP contribution in [0.5, 0.6) is 0 Å². The molecule has 2 aromatic heterocycles. The Morgan fingerprint density at radius 1 is 1.03 bits per heavy atom. The second-order valence-corrected chi connectivity index (χ2v) is 7.62. The summed E-state index contributed by atoms with van der Waals surface area (Å²) in [5.74, 6) is 2.47. The molecule has 1 fully saturated rings. The van der Waals surface area contributed by atoms with E-state index in [1.54, 1.807) is 6.20 Å². The van der Waals surface area contributed by atoms with Gasteiger partial charge in [-0.1, -0.05) is 30.3 Å². The molecule has 5 rings (SSSR count). The lowest BCUT2D eigenvalue weighted by molar-refractivity contribution is 0.0727. The molecule has 1 saturated heterocycles. The molecule has 154 valence electrons. The number of fused-ring (bicyclic) bond motifs is 1. The first-order valence-corrected chi connectivity index (χ1v) is 10.4. The Hall–Kier alpha value is -3.19. The smallest absolute Gasteiger partial charge is 0.255 e. The van der Waals surface area contributed by atoms with Crippen molar-refractivity contribution in [3.63, 3.8) is 0 Å². The van der Waals surface area contributed by atoms with Crippen molar-refractivity contribution in [2.75, 3.05) is 37.7 Å². The van der Waals surface area contributed by atoms with E-state index in [9.17, 15) is 4.79 Å². The van der Waals surface area contributed by atoms with Crippen LogP contribution >= 0.6 is 0 Å². The van der Waals surface area contributed by atoms with E-state index in [1.165, 1.54) is 0 Å². The van der Waals surface area contributed by atoms with Crippen molar-refractivity contribution < 1.29 is 13.9 Å². The number of aromatic nitrogens is 2. The lowest BCUT2D eigenvalue weighted by atomic mass is 10.1. The molecule has 0 spiro atoms. The van der Waals surface area contributed by atoms with Gasteiger partial charge in [-0.2, -0.15) is 0 Å². The molecule has 3 aromatic rings. The van der Waals surface area contributed by atoms with Gasteiger partial charge in [0.25, 0.3) is 5.91 Å². The standard InChI is InChI=1S/C23H24N4O3/c28-23(18-6-7-21(24-15-18)26-10-12-29-13-11-26)27-9-8-20-19(16-27)25-22(30-20)14-17-4-2-1-3-5-17/h1-7,15H,8-14,16H2. The van der Waals surface area contributed by atoms with Gasteiger partial charge in [0, 0.05) is 38.7 Å². The zero-order valence-corrected chi connectivity index (χ0v) is 16.8. The summed E-state index contributed by atoms with van der Waals surface area (Å²) in [5, 5.41) is 0. The molecule has 7 heteroatoms. The van der Waals surface area contributed by atoms with Crippen molar-refractivity contribution >= 4 is 11.7 Å². The number of pyridine rings is 1. The van der Waals surface area contributed by atoms with E-state index in [0.717, 1.165) is 35.9 Å². The van der Waals surface area contributed by atoms with E-state index in [-0.39, 0.29) is 5.91 Å². The lowest BCUT2D eigenvalue weighted by Crippen LogP contribution is -2.37. The normalized spacial score (nSPS) is 16.4. The Morgan fingerprint density at radius 3 is 2.63 bits per heavy atom. The van der Waals surface area contributed by atoms with Crippen molar-refractivity contribution in [1.82, 2.24) is 14.9 Å². The number of carbonyl (C=O) groups is 1. The van der Waals surface area contributed by atoms with Gasteiger partial charge in [-0.3, -0.25) is 4.79 Å².